The lowest BCUT2D eigenvalue weighted by atomic mass is 9.91. The Morgan fingerprint density at radius 1 is 1.32 bits per heavy atom. The first-order valence-corrected chi connectivity index (χ1v) is 11.1. The van der Waals surface area contributed by atoms with Crippen molar-refractivity contribution < 1.29 is 22.7 Å². The minimum absolute atomic E-state index is 0.0104. The second kappa shape index (κ2) is 8.00. The van der Waals surface area contributed by atoms with Crippen LogP contribution in [0.5, 0.6) is 0 Å². The zero-order valence-electron chi connectivity index (χ0n) is 16.9. The van der Waals surface area contributed by atoms with Crippen molar-refractivity contribution in [3.05, 3.63) is 12.5 Å². The molecule has 0 saturated carbocycles. The number of amides is 1. The highest BCUT2D eigenvalue weighted by Gasteiger charge is 2.45. The predicted molar refractivity (Wildman–Crippen MR) is 102 cm³/mol. The van der Waals surface area contributed by atoms with Crippen molar-refractivity contribution in [1.82, 2.24) is 19.2 Å². The standard InChI is InChI=1S/C18H30N4O5S/c1-18(2,3)27-17(23)20-14-10-22(9-13(14)15-7-5-6-8-26-15)28(24,25)16-11-21(4)12-19-16/h11-15H,5-10H2,1-4H3,(H,20,23)/t13-,14-,15?/m1/s1. The Morgan fingerprint density at radius 2 is 2.07 bits per heavy atom. The number of nitrogens with zero attached hydrogens (tertiary/aromatic N) is 3. The molecular formula is C18H30N4O5S. The summed E-state index contributed by atoms with van der Waals surface area (Å²) in [5.74, 6) is -0.133. The molecule has 2 aliphatic rings. The molecule has 3 rings (SSSR count). The third-order valence-corrected chi connectivity index (χ3v) is 6.73. The van der Waals surface area contributed by atoms with E-state index in [9.17, 15) is 13.2 Å². The SMILES string of the molecule is Cn1cnc(S(=O)(=O)N2C[C@@H](NC(=O)OC(C)(C)C)[C@H](C3CCCCO3)C2)c1. The fourth-order valence-electron chi connectivity index (χ4n) is 3.73. The summed E-state index contributed by atoms with van der Waals surface area (Å²) in [4.78, 5) is 16.3. The molecule has 0 radical (unpaired) electrons. The van der Waals surface area contributed by atoms with Gasteiger partial charge in [0.05, 0.1) is 18.5 Å². The van der Waals surface area contributed by atoms with Gasteiger partial charge in [0.1, 0.15) is 5.60 Å². The first kappa shape index (κ1) is 21.1. The van der Waals surface area contributed by atoms with Crippen LogP contribution in [0.15, 0.2) is 17.6 Å². The molecule has 1 aromatic heterocycles. The van der Waals surface area contributed by atoms with Gasteiger partial charge in [0.25, 0.3) is 10.0 Å². The molecule has 3 heterocycles. The molecule has 3 atom stereocenters. The van der Waals surface area contributed by atoms with Crippen molar-refractivity contribution in [3.63, 3.8) is 0 Å². The molecule has 10 heteroatoms. The van der Waals surface area contributed by atoms with Crippen LogP contribution in [0.4, 0.5) is 4.79 Å². The Bertz CT molecular complexity index is 795. The summed E-state index contributed by atoms with van der Waals surface area (Å²) in [7, 11) is -2.02. The van der Waals surface area contributed by atoms with E-state index >= 15 is 0 Å². The van der Waals surface area contributed by atoms with Gasteiger partial charge in [0, 0.05) is 38.9 Å². The van der Waals surface area contributed by atoms with Crippen LogP contribution in [-0.4, -0.2) is 65.8 Å². The number of carbonyl (C=O) groups excluding carboxylic acids is 1. The maximum atomic E-state index is 13.0. The van der Waals surface area contributed by atoms with Gasteiger partial charge >= 0.3 is 6.09 Å². The number of aromatic nitrogens is 2. The Morgan fingerprint density at radius 3 is 2.64 bits per heavy atom. The molecule has 1 N–H and O–H groups in total. The smallest absolute Gasteiger partial charge is 0.407 e. The van der Waals surface area contributed by atoms with Crippen molar-refractivity contribution in [2.24, 2.45) is 13.0 Å². The molecule has 0 aromatic carbocycles. The van der Waals surface area contributed by atoms with E-state index in [0.29, 0.717) is 6.61 Å². The van der Waals surface area contributed by atoms with Gasteiger partial charge in [-0.2, -0.15) is 4.31 Å². The van der Waals surface area contributed by atoms with E-state index in [0.717, 1.165) is 19.3 Å². The lowest BCUT2D eigenvalue weighted by Gasteiger charge is -2.31. The first-order valence-electron chi connectivity index (χ1n) is 9.65. The summed E-state index contributed by atoms with van der Waals surface area (Å²) in [5, 5.41) is 2.88. The molecule has 28 heavy (non-hydrogen) atoms. The van der Waals surface area contributed by atoms with Gasteiger partial charge in [-0.25, -0.2) is 18.2 Å². The van der Waals surface area contributed by atoms with E-state index in [4.69, 9.17) is 9.47 Å². The average Bonchev–Trinajstić information content (AvgIpc) is 3.21. The minimum Gasteiger partial charge on any atom is -0.444 e. The van der Waals surface area contributed by atoms with Crippen LogP contribution >= 0.6 is 0 Å². The van der Waals surface area contributed by atoms with E-state index in [1.165, 1.54) is 16.8 Å². The van der Waals surface area contributed by atoms with Crippen molar-refractivity contribution in [3.8, 4) is 0 Å². The van der Waals surface area contributed by atoms with Crippen LogP contribution in [0.1, 0.15) is 40.0 Å². The summed E-state index contributed by atoms with van der Waals surface area (Å²) in [6, 6.07) is -0.378. The first-order chi connectivity index (χ1) is 13.1. The predicted octanol–water partition coefficient (Wildman–Crippen LogP) is 1.50. The zero-order valence-corrected chi connectivity index (χ0v) is 17.7. The number of ether oxygens (including phenoxy) is 2. The van der Waals surface area contributed by atoms with E-state index in [2.05, 4.69) is 10.3 Å². The van der Waals surface area contributed by atoms with Crippen molar-refractivity contribution >= 4 is 16.1 Å². The van der Waals surface area contributed by atoms with Crippen LogP contribution in [0.2, 0.25) is 0 Å². The molecule has 158 valence electrons. The Labute approximate surface area is 166 Å². The number of hydrogen-bond acceptors (Lipinski definition) is 6. The van der Waals surface area contributed by atoms with Gasteiger partial charge in [0.15, 0.2) is 5.03 Å². The number of rotatable bonds is 4. The summed E-state index contributed by atoms with van der Waals surface area (Å²) in [5.41, 5.74) is -0.626. The summed E-state index contributed by atoms with van der Waals surface area (Å²) < 4.78 is 40.3. The summed E-state index contributed by atoms with van der Waals surface area (Å²) in [6.07, 6.45) is 5.20. The number of nitrogens with one attached hydrogen (secondary N) is 1. The maximum Gasteiger partial charge on any atom is 0.407 e. The van der Waals surface area contributed by atoms with E-state index in [1.54, 1.807) is 32.4 Å². The second-order valence-corrected chi connectivity index (χ2v) is 10.4. The molecule has 0 bridgehead atoms. The minimum atomic E-state index is -3.74. The number of sulfonamides is 1. The van der Waals surface area contributed by atoms with Crippen molar-refractivity contribution in [2.45, 2.75) is 62.8 Å². The highest BCUT2D eigenvalue weighted by molar-refractivity contribution is 7.89. The van der Waals surface area contributed by atoms with E-state index < -0.39 is 21.7 Å². The molecule has 0 spiro atoms. The Kier molecular flexibility index (Phi) is 6.02. The number of hydrogen-bond donors (Lipinski definition) is 1. The molecule has 1 aromatic rings. The van der Waals surface area contributed by atoms with Crippen LogP contribution < -0.4 is 5.32 Å². The van der Waals surface area contributed by atoms with Crippen LogP contribution in [0, 0.1) is 5.92 Å². The fraction of sp³-hybridized carbons (Fsp3) is 0.778. The Hall–Kier alpha value is -1.65. The van der Waals surface area contributed by atoms with Gasteiger partial charge in [-0.05, 0) is 40.0 Å². The zero-order chi connectivity index (χ0) is 20.5. The maximum absolute atomic E-state index is 13.0. The van der Waals surface area contributed by atoms with Crippen molar-refractivity contribution in [2.75, 3.05) is 19.7 Å². The molecule has 0 aliphatic carbocycles. The highest BCUT2D eigenvalue weighted by Crippen LogP contribution is 2.31. The Balaban J connectivity index is 1.78. The number of carbonyl (C=O) groups is 1. The molecular weight excluding hydrogens is 384 g/mol. The van der Waals surface area contributed by atoms with Crippen LogP contribution in [0.3, 0.4) is 0 Å². The third kappa shape index (κ3) is 4.84. The topological polar surface area (TPSA) is 103 Å². The quantitative estimate of drug-likeness (QED) is 0.801. The highest BCUT2D eigenvalue weighted by atomic mass is 32.2. The largest absolute Gasteiger partial charge is 0.444 e. The summed E-state index contributed by atoms with van der Waals surface area (Å²) in [6.45, 7) is 6.49. The van der Waals surface area contributed by atoms with Gasteiger partial charge < -0.3 is 19.4 Å². The summed E-state index contributed by atoms with van der Waals surface area (Å²) >= 11 is 0. The van der Waals surface area contributed by atoms with Crippen LogP contribution in [-0.2, 0) is 26.5 Å². The molecule has 2 saturated heterocycles. The third-order valence-electron chi connectivity index (χ3n) is 5.01. The molecule has 1 amide bonds. The molecule has 1 unspecified atom stereocenters. The number of alkyl carbamates (subject to hydrolysis) is 1. The number of aryl methyl sites for hydroxylation is 1. The van der Waals surface area contributed by atoms with E-state index in [-0.39, 0.29) is 36.2 Å². The monoisotopic (exact) mass is 414 g/mol. The van der Waals surface area contributed by atoms with Gasteiger partial charge in [-0.15, -0.1) is 0 Å². The normalized spacial score (nSPS) is 26.9. The molecule has 9 nitrogen and oxygen atoms in total. The molecule has 2 fully saturated rings. The van der Waals surface area contributed by atoms with Gasteiger partial charge in [-0.3, -0.25) is 0 Å². The van der Waals surface area contributed by atoms with Gasteiger partial charge in [-0.1, -0.05) is 0 Å². The average molecular weight is 415 g/mol. The van der Waals surface area contributed by atoms with Crippen LogP contribution in [0.25, 0.3) is 0 Å². The van der Waals surface area contributed by atoms with Crippen molar-refractivity contribution in [1.29, 1.82) is 0 Å². The second-order valence-electron chi connectivity index (χ2n) is 8.52. The van der Waals surface area contributed by atoms with E-state index in [1.807, 2.05) is 0 Å². The number of imidazole rings is 1. The molecule has 2 aliphatic heterocycles. The fourth-order valence-corrected chi connectivity index (χ4v) is 5.20. The lowest BCUT2D eigenvalue weighted by molar-refractivity contribution is -0.0237. The lowest BCUT2D eigenvalue weighted by Crippen LogP contribution is -2.47. The van der Waals surface area contributed by atoms with Gasteiger partial charge in [0.2, 0.25) is 0 Å².